The molecule has 6 heteroatoms. The lowest BCUT2D eigenvalue weighted by molar-refractivity contribution is 0.0630. The van der Waals surface area contributed by atoms with Crippen molar-refractivity contribution in [1.29, 1.82) is 0 Å². The van der Waals surface area contributed by atoms with E-state index in [1.165, 1.54) is 0 Å². The highest BCUT2D eigenvalue weighted by Gasteiger charge is 2.16. The van der Waals surface area contributed by atoms with Gasteiger partial charge in [0.1, 0.15) is 12.4 Å². The van der Waals surface area contributed by atoms with E-state index in [4.69, 9.17) is 4.74 Å². The van der Waals surface area contributed by atoms with Crippen molar-refractivity contribution in [2.24, 2.45) is 0 Å². The number of hydrogen-bond acceptors (Lipinski definition) is 3. The lowest BCUT2D eigenvalue weighted by atomic mass is 10.4. The fourth-order valence-electron chi connectivity index (χ4n) is 1.83. The first-order chi connectivity index (χ1) is 8.88. The third-order valence-electron chi connectivity index (χ3n) is 2.96. The van der Waals surface area contributed by atoms with E-state index in [1.54, 1.807) is 22.0 Å². The van der Waals surface area contributed by atoms with Gasteiger partial charge in [-0.15, -0.1) is 11.3 Å². The molecule has 2 aromatic rings. The quantitative estimate of drug-likeness (QED) is 0.653. The number of rotatable bonds is 6. The second-order valence-electron chi connectivity index (χ2n) is 5.78. The van der Waals surface area contributed by atoms with Gasteiger partial charge in [0, 0.05) is 14.7 Å². The maximum atomic E-state index is 11.2. The molecule has 0 bridgehead atoms. The third-order valence-corrected chi connectivity index (χ3v) is 5.52. The van der Waals surface area contributed by atoms with Crippen LogP contribution in [0.15, 0.2) is 17.5 Å². The fraction of sp³-hybridized carbons (Fsp3) is 0.462. The maximum absolute atomic E-state index is 11.2. The Labute approximate surface area is 117 Å². The Balaban J connectivity index is 2.08. The predicted molar refractivity (Wildman–Crippen MR) is 80.9 cm³/mol. The summed E-state index contributed by atoms with van der Waals surface area (Å²) in [4.78, 5) is 11.2. The van der Waals surface area contributed by atoms with Crippen LogP contribution in [0.5, 0.6) is 0 Å². The summed E-state index contributed by atoms with van der Waals surface area (Å²) >= 11 is 1.55. The molecule has 0 radical (unpaired) electrons. The Kier molecular flexibility index (Phi) is 4.12. The Morgan fingerprint density at radius 2 is 2.21 bits per heavy atom. The molecule has 0 saturated heterocycles. The van der Waals surface area contributed by atoms with E-state index < -0.39 is 14.0 Å². The van der Waals surface area contributed by atoms with Crippen LogP contribution < -0.4 is 0 Å². The summed E-state index contributed by atoms with van der Waals surface area (Å²) < 4.78 is 8.39. The Morgan fingerprint density at radius 3 is 2.84 bits per heavy atom. The highest BCUT2D eigenvalue weighted by atomic mass is 32.1. The van der Waals surface area contributed by atoms with Gasteiger partial charge in [-0.05, 0) is 23.6 Å². The Hall–Kier alpha value is -1.11. The standard InChI is InChI=1S/C13H19NO3SSi/c1-19(2,3)7-5-17-9-14-10-4-6-18-12(10)8-11(14)13(15)16/h4,6,8H,5,7,9H2,1-3H3,(H,15,16). The van der Waals surface area contributed by atoms with Gasteiger partial charge in [0.2, 0.25) is 0 Å². The molecule has 0 unspecified atom stereocenters. The fourth-order valence-corrected chi connectivity index (χ4v) is 3.41. The molecule has 0 aliphatic heterocycles. The lowest BCUT2D eigenvalue weighted by Gasteiger charge is -2.16. The number of carboxylic acids is 1. The van der Waals surface area contributed by atoms with E-state index in [1.807, 2.05) is 11.4 Å². The summed E-state index contributed by atoms with van der Waals surface area (Å²) in [7, 11) is -1.10. The lowest BCUT2D eigenvalue weighted by Crippen LogP contribution is -2.22. The van der Waals surface area contributed by atoms with Gasteiger partial charge in [-0.2, -0.15) is 0 Å². The number of hydrogen-bond donors (Lipinski definition) is 1. The summed E-state index contributed by atoms with van der Waals surface area (Å²) in [6.45, 7) is 7.90. The van der Waals surface area contributed by atoms with Crippen molar-refractivity contribution in [3.05, 3.63) is 23.2 Å². The molecule has 0 atom stereocenters. The van der Waals surface area contributed by atoms with Crippen molar-refractivity contribution in [3.8, 4) is 0 Å². The van der Waals surface area contributed by atoms with Crippen molar-refractivity contribution in [3.63, 3.8) is 0 Å². The normalized spacial score (nSPS) is 12.2. The number of fused-ring (bicyclic) bond motifs is 1. The van der Waals surface area contributed by atoms with E-state index in [0.29, 0.717) is 19.0 Å². The third kappa shape index (κ3) is 3.46. The molecule has 104 valence electrons. The van der Waals surface area contributed by atoms with Gasteiger partial charge < -0.3 is 14.4 Å². The molecule has 0 aliphatic carbocycles. The number of carbonyl (C=O) groups is 1. The molecule has 0 amide bonds. The SMILES string of the molecule is C[Si](C)(C)CCOCn1c(C(=O)O)cc2sccc21. The molecule has 0 saturated carbocycles. The molecule has 4 nitrogen and oxygen atoms in total. The van der Waals surface area contributed by atoms with Gasteiger partial charge in [0.05, 0.1) is 10.2 Å². The number of thiophene rings is 1. The van der Waals surface area contributed by atoms with Crippen LogP contribution in [0.1, 0.15) is 10.5 Å². The maximum Gasteiger partial charge on any atom is 0.352 e. The van der Waals surface area contributed by atoms with Crippen LogP contribution >= 0.6 is 11.3 Å². The van der Waals surface area contributed by atoms with E-state index in [-0.39, 0.29) is 0 Å². The van der Waals surface area contributed by atoms with E-state index in [0.717, 1.165) is 16.3 Å². The molecule has 2 aromatic heterocycles. The molecule has 0 fully saturated rings. The van der Waals surface area contributed by atoms with Crippen LogP contribution in [0, 0.1) is 0 Å². The first-order valence-electron chi connectivity index (χ1n) is 6.26. The van der Waals surface area contributed by atoms with Crippen molar-refractivity contribution >= 4 is 35.6 Å². The molecule has 0 aromatic carbocycles. The summed E-state index contributed by atoms with van der Waals surface area (Å²) in [6.07, 6.45) is 0. The topological polar surface area (TPSA) is 51.5 Å². The van der Waals surface area contributed by atoms with Crippen molar-refractivity contribution < 1.29 is 14.6 Å². The van der Waals surface area contributed by atoms with Crippen LogP contribution in [0.2, 0.25) is 25.7 Å². The number of aromatic nitrogens is 1. The van der Waals surface area contributed by atoms with E-state index in [9.17, 15) is 9.90 Å². The Morgan fingerprint density at radius 1 is 1.47 bits per heavy atom. The summed E-state index contributed by atoms with van der Waals surface area (Å²) in [6, 6.07) is 4.74. The highest BCUT2D eigenvalue weighted by molar-refractivity contribution is 7.17. The minimum absolute atomic E-state index is 0.301. The molecule has 2 rings (SSSR count). The van der Waals surface area contributed by atoms with Crippen molar-refractivity contribution in [2.75, 3.05) is 6.61 Å². The van der Waals surface area contributed by atoms with Crippen LogP contribution in [-0.4, -0.2) is 30.3 Å². The first kappa shape index (κ1) is 14.3. The predicted octanol–water partition coefficient (Wildman–Crippen LogP) is 3.71. The number of nitrogens with zero attached hydrogens (tertiary/aromatic N) is 1. The summed E-state index contributed by atoms with van der Waals surface area (Å²) in [5, 5.41) is 11.2. The zero-order valence-corrected chi connectivity index (χ0v) is 13.3. The second kappa shape index (κ2) is 5.48. The van der Waals surface area contributed by atoms with Gasteiger partial charge >= 0.3 is 5.97 Å². The average molecular weight is 297 g/mol. The van der Waals surface area contributed by atoms with Crippen LogP contribution in [0.25, 0.3) is 10.2 Å². The van der Waals surface area contributed by atoms with Gasteiger partial charge in [0.15, 0.2) is 0 Å². The molecule has 2 heterocycles. The molecular weight excluding hydrogens is 278 g/mol. The molecule has 0 spiro atoms. The highest BCUT2D eigenvalue weighted by Crippen LogP contribution is 2.25. The van der Waals surface area contributed by atoms with Crippen LogP contribution in [-0.2, 0) is 11.5 Å². The summed E-state index contributed by atoms with van der Waals surface area (Å²) in [5.74, 6) is -0.905. The van der Waals surface area contributed by atoms with Crippen LogP contribution in [0.4, 0.5) is 0 Å². The number of aromatic carboxylic acids is 1. The van der Waals surface area contributed by atoms with Crippen molar-refractivity contribution in [2.45, 2.75) is 32.4 Å². The second-order valence-corrected chi connectivity index (χ2v) is 12.3. The number of ether oxygens (including phenoxy) is 1. The minimum atomic E-state index is -1.10. The minimum Gasteiger partial charge on any atom is -0.477 e. The van der Waals surface area contributed by atoms with E-state index in [2.05, 4.69) is 19.6 Å². The summed E-state index contributed by atoms with van der Waals surface area (Å²) in [5.41, 5.74) is 1.24. The van der Waals surface area contributed by atoms with Gasteiger partial charge in [-0.1, -0.05) is 19.6 Å². The Bertz CT molecular complexity index is 582. The monoisotopic (exact) mass is 297 g/mol. The smallest absolute Gasteiger partial charge is 0.352 e. The number of carboxylic acid groups (broad SMARTS) is 1. The molecular formula is C13H19NO3SSi. The first-order valence-corrected chi connectivity index (χ1v) is 10.8. The van der Waals surface area contributed by atoms with E-state index >= 15 is 0 Å². The molecule has 1 N–H and O–H groups in total. The largest absolute Gasteiger partial charge is 0.477 e. The zero-order chi connectivity index (χ0) is 14.0. The van der Waals surface area contributed by atoms with Gasteiger partial charge in [0.25, 0.3) is 0 Å². The van der Waals surface area contributed by atoms with Crippen LogP contribution in [0.3, 0.4) is 0 Å². The molecule has 0 aliphatic rings. The van der Waals surface area contributed by atoms with Gasteiger partial charge in [-0.3, -0.25) is 0 Å². The average Bonchev–Trinajstić information content (AvgIpc) is 2.83. The molecule has 19 heavy (non-hydrogen) atoms. The van der Waals surface area contributed by atoms with Gasteiger partial charge in [-0.25, -0.2) is 4.79 Å². The zero-order valence-electron chi connectivity index (χ0n) is 11.5. The van der Waals surface area contributed by atoms with Crippen molar-refractivity contribution in [1.82, 2.24) is 4.57 Å².